The van der Waals surface area contributed by atoms with Crippen molar-refractivity contribution in [2.75, 3.05) is 38.5 Å². The summed E-state index contributed by atoms with van der Waals surface area (Å²) in [5.74, 6) is 0.136. The fraction of sp³-hybridized carbons (Fsp3) is 0.824. The highest BCUT2D eigenvalue weighted by Crippen LogP contribution is 2.18. The number of nitrogens with zero attached hydrogens (tertiary/aromatic N) is 4. The molecule has 0 radical (unpaired) electrons. The summed E-state index contributed by atoms with van der Waals surface area (Å²) in [5, 5.41) is 4.38. The Morgan fingerprint density at radius 2 is 2.12 bits per heavy atom. The van der Waals surface area contributed by atoms with Gasteiger partial charge in [-0.2, -0.15) is 5.10 Å². The van der Waals surface area contributed by atoms with Crippen molar-refractivity contribution in [2.24, 2.45) is 0 Å². The second-order valence-corrected chi connectivity index (χ2v) is 9.07. The van der Waals surface area contributed by atoms with Gasteiger partial charge >= 0.3 is 0 Å². The molecule has 0 aliphatic carbocycles. The molecule has 0 saturated carbocycles. The maximum atomic E-state index is 12.6. The van der Waals surface area contributed by atoms with Crippen molar-refractivity contribution < 1.29 is 13.2 Å². The van der Waals surface area contributed by atoms with Crippen LogP contribution in [0.1, 0.15) is 38.2 Å². The van der Waals surface area contributed by atoms with Crippen molar-refractivity contribution >= 4 is 10.0 Å². The third kappa shape index (κ3) is 5.26. The maximum Gasteiger partial charge on any atom is 0.216 e. The number of hydrogen-bond donors (Lipinski definition) is 0. The van der Waals surface area contributed by atoms with Gasteiger partial charge in [-0.3, -0.25) is 9.58 Å². The highest BCUT2D eigenvalue weighted by Gasteiger charge is 2.30. The number of aromatic nitrogens is 2. The van der Waals surface area contributed by atoms with Gasteiger partial charge in [-0.15, -0.1) is 0 Å². The van der Waals surface area contributed by atoms with Crippen LogP contribution in [-0.2, 0) is 27.8 Å². The number of rotatable bonds is 7. The Bertz CT molecular complexity index is 640. The number of hydrogen-bond acceptors (Lipinski definition) is 5. The zero-order chi connectivity index (χ0) is 17.7. The predicted octanol–water partition coefficient (Wildman–Crippen LogP) is 1.31. The Labute approximate surface area is 151 Å². The van der Waals surface area contributed by atoms with Crippen LogP contribution in [0.5, 0.6) is 0 Å². The van der Waals surface area contributed by atoms with Crippen molar-refractivity contribution in [2.45, 2.75) is 51.8 Å². The Morgan fingerprint density at radius 3 is 2.88 bits per heavy atom. The van der Waals surface area contributed by atoms with Gasteiger partial charge in [-0.05, 0) is 32.2 Å². The number of aryl methyl sites for hydroxylation is 1. The zero-order valence-corrected chi connectivity index (χ0v) is 16.0. The Hall–Kier alpha value is -0.960. The molecular weight excluding hydrogens is 340 g/mol. The van der Waals surface area contributed by atoms with E-state index in [2.05, 4.69) is 23.1 Å². The van der Waals surface area contributed by atoms with Crippen LogP contribution in [0.25, 0.3) is 0 Å². The lowest BCUT2D eigenvalue weighted by Crippen LogP contribution is -2.39. The lowest BCUT2D eigenvalue weighted by atomic mass is 10.3. The van der Waals surface area contributed by atoms with Crippen molar-refractivity contribution in [3.63, 3.8) is 0 Å². The molecule has 142 valence electrons. The lowest BCUT2D eigenvalue weighted by molar-refractivity contribution is 0.126. The van der Waals surface area contributed by atoms with E-state index in [0.717, 1.165) is 51.9 Å². The van der Waals surface area contributed by atoms with Gasteiger partial charge < -0.3 is 4.74 Å². The molecule has 1 atom stereocenters. The first-order chi connectivity index (χ1) is 12.1. The van der Waals surface area contributed by atoms with Crippen molar-refractivity contribution in [3.8, 4) is 0 Å². The van der Waals surface area contributed by atoms with E-state index >= 15 is 0 Å². The summed E-state index contributed by atoms with van der Waals surface area (Å²) >= 11 is 0. The van der Waals surface area contributed by atoms with E-state index in [1.165, 1.54) is 5.56 Å². The van der Waals surface area contributed by atoms with Crippen LogP contribution in [0, 0.1) is 0 Å². The highest BCUT2D eigenvalue weighted by molar-refractivity contribution is 7.89. The first-order valence-electron chi connectivity index (χ1n) is 9.40. The molecule has 0 amide bonds. The minimum atomic E-state index is -3.22. The van der Waals surface area contributed by atoms with E-state index in [0.29, 0.717) is 19.7 Å². The second kappa shape index (κ2) is 8.62. The average Bonchev–Trinajstić information content (AvgIpc) is 3.16. The van der Waals surface area contributed by atoms with Crippen LogP contribution in [0.4, 0.5) is 0 Å². The third-order valence-corrected chi connectivity index (χ3v) is 6.85. The first-order valence-corrected chi connectivity index (χ1v) is 11.0. The summed E-state index contributed by atoms with van der Waals surface area (Å²) in [6, 6.07) is 0. The first kappa shape index (κ1) is 18.8. The van der Waals surface area contributed by atoms with Crippen LogP contribution in [0.15, 0.2) is 12.4 Å². The average molecular weight is 371 g/mol. The van der Waals surface area contributed by atoms with Crippen LogP contribution >= 0.6 is 0 Å². The molecule has 1 aromatic rings. The van der Waals surface area contributed by atoms with Gasteiger partial charge in [-0.1, -0.05) is 6.92 Å². The molecule has 8 heteroatoms. The third-order valence-electron chi connectivity index (χ3n) is 4.91. The Kier molecular flexibility index (Phi) is 6.49. The van der Waals surface area contributed by atoms with E-state index in [1.54, 1.807) is 4.31 Å². The van der Waals surface area contributed by atoms with Gasteiger partial charge in [0.1, 0.15) is 0 Å². The van der Waals surface area contributed by atoms with Crippen molar-refractivity contribution in [1.82, 2.24) is 19.0 Å². The summed E-state index contributed by atoms with van der Waals surface area (Å²) in [5.41, 5.74) is 1.20. The van der Waals surface area contributed by atoms with Crippen LogP contribution in [0.2, 0.25) is 0 Å². The largest absolute Gasteiger partial charge is 0.377 e. The summed E-state index contributed by atoms with van der Waals surface area (Å²) in [6.45, 7) is 7.48. The summed E-state index contributed by atoms with van der Waals surface area (Å²) in [4.78, 5) is 2.33. The Balaban J connectivity index is 1.52. The molecule has 1 aromatic heterocycles. The molecule has 2 aliphatic heterocycles. The van der Waals surface area contributed by atoms with Crippen LogP contribution < -0.4 is 0 Å². The quantitative estimate of drug-likeness (QED) is 0.724. The minimum Gasteiger partial charge on any atom is -0.377 e. The fourth-order valence-corrected chi connectivity index (χ4v) is 5.31. The van der Waals surface area contributed by atoms with Gasteiger partial charge in [0.25, 0.3) is 0 Å². The normalized spacial score (nSPS) is 23.8. The molecule has 7 nitrogen and oxygen atoms in total. The minimum absolute atomic E-state index is 0.117. The van der Waals surface area contributed by atoms with Gasteiger partial charge in [0, 0.05) is 51.1 Å². The smallest absolute Gasteiger partial charge is 0.216 e. The SMILES string of the molecule is CCCn1cc(CN2CCCN(S(=O)(=O)CC3CCCO3)CC2)cn1. The molecule has 0 N–H and O–H groups in total. The van der Waals surface area contributed by atoms with Gasteiger partial charge in [0.05, 0.1) is 18.1 Å². The topological polar surface area (TPSA) is 67.7 Å². The van der Waals surface area contributed by atoms with Crippen LogP contribution in [-0.4, -0.2) is 72.0 Å². The summed E-state index contributed by atoms with van der Waals surface area (Å²) < 4.78 is 34.4. The van der Waals surface area contributed by atoms with E-state index < -0.39 is 10.0 Å². The predicted molar refractivity (Wildman–Crippen MR) is 96.7 cm³/mol. The van der Waals surface area contributed by atoms with Gasteiger partial charge in [-0.25, -0.2) is 12.7 Å². The molecule has 3 heterocycles. The number of sulfonamides is 1. The van der Waals surface area contributed by atoms with Gasteiger partial charge in [0.2, 0.25) is 10.0 Å². The van der Waals surface area contributed by atoms with E-state index in [-0.39, 0.29) is 11.9 Å². The van der Waals surface area contributed by atoms with Crippen molar-refractivity contribution in [1.29, 1.82) is 0 Å². The Morgan fingerprint density at radius 1 is 1.24 bits per heavy atom. The lowest BCUT2D eigenvalue weighted by Gasteiger charge is -2.22. The molecule has 0 aromatic carbocycles. The van der Waals surface area contributed by atoms with E-state index in [4.69, 9.17) is 4.74 Å². The molecule has 0 spiro atoms. The second-order valence-electron chi connectivity index (χ2n) is 7.05. The molecular formula is C17H30N4O3S. The highest BCUT2D eigenvalue weighted by atomic mass is 32.2. The molecule has 2 fully saturated rings. The molecule has 2 saturated heterocycles. The zero-order valence-electron chi connectivity index (χ0n) is 15.1. The fourth-order valence-electron chi connectivity index (χ4n) is 3.60. The van der Waals surface area contributed by atoms with Gasteiger partial charge in [0.15, 0.2) is 0 Å². The molecule has 1 unspecified atom stereocenters. The van der Waals surface area contributed by atoms with Crippen LogP contribution in [0.3, 0.4) is 0 Å². The summed E-state index contributed by atoms with van der Waals surface area (Å²) in [7, 11) is -3.22. The molecule has 2 aliphatic rings. The summed E-state index contributed by atoms with van der Waals surface area (Å²) in [6.07, 6.45) is 7.68. The van der Waals surface area contributed by atoms with E-state index in [9.17, 15) is 8.42 Å². The van der Waals surface area contributed by atoms with Crippen molar-refractivity contribution in [3.05, 3.63) is 18.0 Å². The standard InChI is InChI=1S/C17H30N4O3S/c1-2-6-20-14-16(12-18-20)13-19-7-4-8-21(10-9-19)25(22,23)15-17-5-3-11-24-17/h12,14,17H,2-11,13,15H2,1H3. The molecule has 25 heavy (non-hydrogen) atoms. The molecule has 0 bridgehead atoms. The maximum absolute atomic E-state index is 12.6. The monoisotopic (exact) mass is 370 g/mol. The van der Waals surface area contributed by atoms with E-state index in [1.807, 2.05) is 10.9 Å². The molecule has 3 rings (SSSR count). The number of ether oxygens (including phenoxy) is 1.